The smallest absolute Gasteiger partial charge is 0.238 e. The Bertz CT molecular complexity index is 1470. The van der Waals surface area contributed by atoms with Crippen molar-refractivity contribution in [1.82, 2.24) is 0 Å². The highest BCUT2D eigenvalue weighted by Crippen LogP contribution is 2.57. The Morgan fingerprint density at radius 3 is 2.57 bits per heavy atom. The first-order chi connectivity index (χ1) is 16.9. The number of rotatable bonds is 3. The molecule has 5 nitrogen and oxygen atoms in total. The van der Waals surface area contributed by atoms with Crippen LogP contribution in [0.2, 0.25) is 5.02 Å². The van der Waals surface area contributed by atoms with Crippen molar-refractivity contribution in [3.05, 3.63) is 100 Å². The zero-order valence-corrected chi connectivity index (χ0v) is 19.4. The van der Waals surface area contributed by atoms with E-state index in [0.717, 1.165) is 0 Å². The summed E-state index contributed by atoms with van der Waals surface area (Å²) in [5.41, 5.74) is 1.32. The van der Waals surface area contributed by atoms with Crippen LogP contribution in [0.1, 0.15) is 28.4 Å². The van der Waals surface area contributed by atoms with Crippen LogP contribution in [-0.4, -0.2) is 29.6 Å². The van der Waals surface area contributed by atoms with Crippen LogP contribution in [0, 0.1) is 11.7 Å². The lowest BCUT2D eigenvalue weighted by atomic mass is 9.64. The van der Waals surface area contributed by atoms with Crippen LogP contribution >= 0.6 is 11.6 Å². The topological polar surface area (TPSA) is 66.5 Å². The van der Waals surface area contributed by atoms with Crippen LogP contribution in [0.4, 0.5) is 15.8 Å². The molecule has 0 aromatic heterocycles. The van der Waals surface area contributed by atoms with E-state index in [1.165, 1.54) is 19.1 Å². The van der Waals surface area contributed by atoms with Gasteiger partial charge in [-0.3, -0.25) is 14.4 Å². The van der Waals surface area contributed by atoms with E-state index < -0.39 is 29.2 Å². The molecular weight excluding hydrogens is 467 g/mol. The summed E-state index contributed by atoms with van der Waals surface area (Å²) in [7, 11) is 0. The zero-order valence-electron chi connectivity index (χ0n) is 18.7. The summed E-state index contributed by atoms with van der Waals surface area (Å²) in [6.45, 7) is 1.42. The molecule has 35 heavy (non-hydrogen) atoms. The maximum absolute atomic E-state index is 14.3. The van der Waals surface area contributed by atoms with Crippen LogP contribution < -0.4 is 10.2 Å². The minimum absolute atomic E-state index is 0.254. The van der Waals surface area contributed by atoms with E-state index in [2.05, 4.69) is 5.32 Å². The summed E-state index contributed by atoms with van der Waals surface area (Å²) in [6, 6.07) is 16.6. The number of carbonyl (C=O) groups is 3. The van der Waals surface area contributed by atoms with Gasteiger partial charge in [0.1, 0.15) is 11.2 Å². The number of nitrogens with zero attached hydrogens (tertiary/aromatic N) is 1. The molecular formula is C28H20ClFN2O3. The van der Waals surface area contributed by atoms with Crippen LogP contribution in [0.3, 0.4) is 0 Å². The van der Waals surface area contributed by atoms with Crippen LogP contribution in [0.15, 0.2) is 72.8 Å². The lowest BCUT2D eigenvalue weighted by Gasteiger charge is -2.37. The average molecular weight is 487 g/mol. The predicted octanol–water partition coefficient (Wildman–Crippen LogP) is 5.04. The lowest BCUT2D eigenvalue weighted by Crippen LogP contribution is -2.51. The third-order valence-electron chi connectivity index (χ3n) is 7.43. The molecule has 4 atom stereocenters. The molecule has 1 spiro atoms. The number of anilines is 2. The molecule has 174 valence electrons. The lowest BCUT2D eigenvalue weighted by molar-refractivity contribution is -0.122. The molecule has 6 rings (SSSR count). The van der Waals surface area contributed by atoms with Gasteiger partial charge in [0.2, 0.25) is 5.91 Å². The maximum Gasteiger partial charge on any atom is 0.238 e. The fourth-order valence-electron chi connectivity index (χ4n) is 6.13. The van der Waals surface area contributed by atoms with Gasteiger partial charge >= 0.3 is 0 Å². The molecule has 1 amide bonds. The highest BCUT2D eigenvalue weighted by atomic mass is 35.5. The van der Waals surface area contributed by atoms with Crippen LogP contribution in [-0.2, 0) is 15.0 Å². The number of ketones is 2. The van der Waals surface area contributed by atoms with E-state index in [4.69, 9.17) is 11.6 Å². The van der Waals surface area contributed by atoms with Gasteiger partial charge in [-0.25, -0.2) is 4.39 Å². The molecule has 1 fully saturated rings. The van der Waals surface area contributed by atoms with Crippen molar-refractivity contribution in [3.63, 3.8) is 0 Å². The summed E-state index contributed by atoms with van der Waals surface area (Å²) in [4.78, 5) is 43.4. The second-order valence-corrected chi connectivity index (χ2v) is 9.57. The molecule has 3 aliphatic heterocycles. The number of Topliss-reactive ketones (excluding diaryl/α,β-unsaturated/α-hetero) is 2. The number of hydrogen-bond acceptors (Lipinski definition) is 4. The molecule has 0 aliphatic carbocycles. The minimum atomic E-state index is -1.38. The zero-order chi connectivity index (χ0) is 24.5. The molecule has 0 saturated carbocycles. The van der Waals surface area contributed by atoms with Gasteiger partial charge in [0.15, 0.2) is 11.6 Å². The number of benzene rings is 3. The van der Waals surface area contributed by atoms with E-state index in [0.29, 0.717) is 22.5 Å². The number of halogens is 2. The Kier molecular flexibility index (Phi) is 4.73. The summed E-state index contributed by atoms with van der Waals surface area (Å²) in [5.74, 6) is -2.46. The second-order valence-electron chi connectivity index (χ2n) is 9.16. The third kappa shape index (κ3) is 2.83. The minimum Gasteiger partial charge on any atom is -0.352 e. The summed E-state index contributed by atoms with van der Waals surface area (Å²) >= 11 is 6.43. The number of nitrogens with one attached hydrogen (secondary N) is 1. The SMILES string of the molecule is CC(=O)[C@@H]1[C@H](C(=O)c2ccccc2Cl)[C@@]2(C(=O)Nc3ccccc32)[C@@H]2C=Cc3cc(F)ccc3N12. The Balaban J connectivity index is 1.67. The van der Waals surface area contributed by atoms with Gasteiger partial charge in [0.05, 0.1) is 23.0 Å². The van der Waals surface area contributed by atoms with Crippen molar-refractivity contribution in [1.29, 1.82) is 0 Å². The number of amides is 1. The van der Waals surface area contributed by atoms with E-state index in [1.54, 1.807) is 48.6 Å². The van der Waals surface area contributed by atoms with Crippen molar-refractivity contribution in [2.45, 2.75) is 24.4 Å². The van der Waals surface area contributed by atoms with Crippen molar-refractivity contribution in [3.8, 4) is 0 Å². The quantitative estimate of drug-likeness (QED) is 0.527. The van der Waals surface area contributed by atoms with Gasteiger partial charge < -0.3 is 10.2 Å². The Hall–Kier alpha value is -3.77. The standard InChI is InChI=1S/C28H20ClFN2O3/c1-15(33)25-24(26(34)18-6-2-4-8-20(18)29)28(19-7-3-5-9-21(19)31-27(28)35)23-13-10-16-14-17(30)11-12-22(16)32(23)25/h2-14,23-25H,1H3,(H,31,35)/t23-,24+,25+,28-/m0/s1. The molecule has 1 saturated heterocycles. The van der Waals surface area contributed by atoms with Gasteiger partial charge in [0.25, 0.3) is 0 Å². The second kappa shape index (κ2) is 7.62. The van der Waals surface area contributed by atoms with Crippen molar-refractivity contribution >= 4 is 46.5 Å². The van der Waals surface area contributed by atoms with Crippen LogP contribution in [0.5, 0.6) is 0 Å². The van der Waals surface area contributed by atoms with Gasteiger partial charge in [-0.05, 0) is 48.9 Å². The summed E-state index contributed by atoms with van der Waals surface area (Å²) in [5, 5.41) is 3.20. The molecule has 1 N–H and O–H groups in total. The average Bonchev–Trinajstić information content (AvgIpc) is 3.32. The molecule has 0 bridgehead atoms. The van der Waals surface area contributed by atoms with Gasteiger partial charge in [-0.15, -0.1) is 0 Å². The molecule has 0 unspecified atom stereocenters. The Morgan fingerprint density at radius 2 is 1.80 bits per heavy atom. The first-order valence-electron chi connectivity index (χ1n) is 11.3. The van der Waals surface area contributed by atoms with Gasteiger partial charge in [-0.1, -0.05) is 54.1 Å². The molecule has 3 aromatic rings. The number of hydrogen-bond donors (Lipinski definition) is 1. The van der Waals surface area contributed by atoms with E-state index >= 15 is 0 Å². The predicted molar refractivity (Wildman–Crippen MR) is 132 cm³/mol. The fraction of sp³-hybridized carbons (Fsp3) is 0.179. The summed E-state index contributed by atoms with van der Waals surface area (Å²) in [6.07, 6.45) is 3.56. The van der Waals surface area contributed by atoms with Crippen molar-refractivity contribution < 1.29 is 18.8 Å². The Labute approximate surface area is 206 Å². The highest BCUT2D eigenvalue weighted by molar-refractivity contribution is 6.34. The largest absolute Gasteiger partial charge is 0.352 e. The normalized spacial score (nSPS) is 25.7. The first kappa shape index (κ1) is 21.7. The fourth-order valence-corrected chi connectivity index (χ4v) is 6.36. The molecule has 0 radical (unpaired) electrons. The number of para-hydroxylation sites is 1. The molecule has 3 heterocycles. The van der Waals surface area contributed by atoms with E-state index in [1.807, 2.05) is 23.1 Å². The monoisotopic (exact) mass is 486 g/mol. The Morgan fingerprint density at radius 1 is 1.06 bits per heavy atom. The molecule has 7 heteroatoms. The number of fused-ring (bicyclic) bond motifs is 6. The van der Waals surface area contributed by atoms with E-state index in [-0.39, 0.29) is 28.1 Å². The number of carbonyl (C=O) groups excluding carboxylic acids is 3. The highest BCUT2D eigenvalue weighted by Gasteiger charge is 2.69. The first-order valence-corrected chi connectivity index (χ1v) is 11.7. The summed E-state index contributed by atoms with van der Waals surface area (Å²) < 4.78 is 14.1. The van der Waals surface area contributed by atoms with E-state index in [9.17, 15) is 18.8 Å². The van der Waals surface area contributed by atoms with Crippen molar-refractivity contribution in [2.24, 2.45) is 5.92 Å². The maximum atomic E-state index is 14.3. The van der Waals surface area contributed by atoms with Crippen LogP contribution in [0.25, 0.3) is 6.08 Å². The van der Waals surface area contributed by atoms with Crippen molar-refractivity contribution in [2.75, 3.05) is 10.2 Å². The van der Waals surface area contributed by atoms with Gasteiger partial charge in [0, 0.05) is 22.5 Å². The van der Waals surface area contributed by atoms with Gasteiger partial charge in [-0.2, -0.15) is 0 Å². The molecule has 3 aromatic carbocycles. The third-order valence-corrected chi connectivity index (χ3v) is 7.76. The molecule has 3 aliphatic rings.